The monoisotopic (exact) mass is 553 g/mol. The summed E-state index contributed by atoms with van der Waals surface area (Å²) in [6.45, 7) is 6.27. The molecule has 2 heterocycles. The highest BCUT2D eigenvalue weighted by Crippen LogP contribution is 2.31. The van der Waals surface area contributed by atoms with Crippen LogP contribution in [0.4, 0.5) is 0 Å². The molecular formula is C28H35N5O5S. The summed E-state index contributed by atoms with van der Waals surface area (Å²) in [5.74, 6) is 2.02. The third kappa shape index (κ3) is 5.99. The fraction of sp³-hybridized carbons (Fsp3) is 0.393. The number of ether oxygens (including phenoxy) is 2. The molecule has 208 valence electrons. The van der Waals surface area contributed by atoms with Crippen LogP contribution in [0.1, 0.15) is 50.2 Å². The van der Waals surface area contributed by atoms with Gasteiger partial charge in [0, 0.05) is 20.0 Å². The normalized spacial score (nSPS) is 11.8. The maximum Gasteiger partial charge on any atom is 0.277 e. The van der Waals surface area contributed by atoms with Crippen molar-refractivity contribution in [2.75, 3.05) is 20.8 Å². The number of nitrogens with one attached hydrogen (secondary N) is 1. The Bertz CT molecular complexity index is 1610. The molecule has 0 aliphatic heterocycles. The Morgan fingerprint density at radius 1 is 1.08 bits per heavy atom. The minimum Gasteiger partial charge on any atom is -0.497 e. The Morgan fingerprint density at radius 3 is 2.49 bits per heavy atom. The Morgan fingerprint density at radius 2 is 1.82 bits per heavy atom. The predicted molar refractivity (Wildman–Crippen MR) is 150 cm³/mol. The molecule has 2 aromatic carbocycles. The van der Waals surface area contributed by atoms with Crippen LogP contribution in [0.3, 0.4) is 0 Å². The second-order valence-electron chi connectivity index (χ2n) is 9.33. The minimum atomic E-state index is -3.88. The summed E-state index contributed by atoms with van der Waals surface area (Å²) < 4.78 is 40.9. The third-order valence-electron chi connectivity index (χ3n) is 6.53. The second kappa shape index (κ2) is 12.0. The molecule has 1 N–H and O–H groups in total. The van der Waals surface area contributed by atoms with Crippen LogP contribution in [0.25, 0.3) is 16.9 Å². The molecule has 4 aromatic rings. The van der Waals surface area contributed by atoms with Crippen LogP contribution in [-0.2, 0) is 23.0 Å². The largest absolute Gasteiger partial charge is 0.497 e. The predicted octanol–water partition coefficient (Wildman–Crippen LogP) is 4.35. The van der Waals surface area contributed by atoms with E-state index in [2.05, 4.69) is 16.9 Å². The van der Waals surface area contributed by atoms with Crippen molar-refractivity contribution in [3.05, 3.63) is 69.9 Å². The van der Waals surface area contributed by atoms with E-state index >= 15 is 0 Å². The molecule has 4 rings (SSSR count). The molecule has 0 fully saturated rings. The Balaban J connectivity index is 1.75. The quantitative estimate of drug-likeness (QED) is 0.259. The van der Waals surface area contributed by atoms with Crippen LogP contribution in [0.2, 0.25) is 0 Å². The van der Waals surface area contributed by atoms with Crippen molar-refractivity contribution in [2.24, 2.45) is 0 Å². The van der Waals surface area contributed by atoms with Crippen LogP contribution in [0.15, 0.2) is 52.2 Å². The lowest BCUT2D eigenvalue weighted by molar-refractivity contribution is 0.341. The fourth-order valence-electron chi connectivity index (χ4n) is 4.44. The molecular weight excluding hydrogens is 518 g/mol. The maximum absolute atomic E-state index is 13.5. The van der Waals surface area contributed by atoms with E-state index in [1.807, 2.05) is 19.1 Å². The third-order valence-corrected chi connectivity index (χ3v) is 8.32. The number of hydrogen-bond donors (Lipinski definition) is 1. The van der Waals surface area contributed by atoms with Crippen LogP contribution in [0, 0.1) is 6.92 Å². The lowest BCUT2D eigenvalue weighted by Crippen LogP contribution is -2.26. The lowest BCUT2D eigenvalue weighted by atomic mass is 10.2. The van der Waals surface area contributed by atoms with E-state index in [1.54, 1.807) is 36.7 Å². The zero-order chi connectivity index (χ0) is 28.2. The van der Waals surface area contributed by atoms with E-state index in [-0.39, 0.29) is 22.8 Å². The van der Waals surface area contributed by atoms with Gasteiger partial charge in [-0.2, -0.15) is 4.31 Å². The van der Waals surface area contributed by atoms with E-state index in [0.29, 0.717) is 47.1 Å². The number of hydrogen-bond acceptors (Lipinski definition) is 7. The average Bonchev–Trinajstić information content (AvgIpc) is 3.25. The molecule has 0 amide bonds. The van der Waals surface area contributed by atoms with Crippen molar-refractivity contribution in [2.45, 2.75) is 57.9 Å². The smallest absolute Gasteiger partial charge is 0.277 e. The van der Waals surface area contributed by atoms with Crippen LogP contribution >= 0.6 is 0 Å². The number of aryl methyl sites for hydroxylation is 2. The summed E-state index contributed by atoms with van der Waals surface area (Å²) in [5, 5.41) is 4.70. The summed E-state index contributed by atoms with van der Waals surface area (Å²) >= 11 is 0. The molecule has 0 aliphatic carbocycles. The van der Waals surface area contributed by atoms with E-state index in [9.17, 15) is 13.2 Å². The molecule has 10 nitrogen and oxygen atoms in total. The zero-order valence-corrected chi connectivity index (χ0v) is 23.8. The highest BCUT2D eigenvalue weighted by atomic mass is 32.2. The van der Waals surface area contributed by atoms with Crippen molar-refractivity contribution in [3.8, 4) is 22.9 Å². The summed E-state index contributed by atoms with van der Waals surface area (Å²) in [6.07, 6.45) is 3.72. The van der Waals surface area contributed by atoms with Gasteiger partial charge in [0.25, 0.3) is 5.56 Å². The summed E-state index contributed by atoms with van der Waals surface area (Å²) in [4.78, 5) is 20.6. The van der Waals surface area contributed by atoms with E-state index < -0.39 is 10.0 Å². The number of imidazole rings is 1. The van der Waals surface area contributed by atoms with E-state index in [0.717, 1.165) is 24.8 Å². The van der Waals surface area contributed by atoms with Crippen molar-refractivity contribution < 1.29 is 17.9 Å². The highest BCUT2D eigenvalue weighted by Gasteiger charge is 2.24. The molecule has 2 aromatic heterocycles. The van der Waals surface area contributed by atoms with Crippen molar-refractivity contribution in [3.63, 3.8) is 0 Å². The number of fused-ring (bicyclic) bond motifs is 1. The van der Waals surface area contributed by atoms with Crippen molar-refractivity contribution in [1.82, 2.24) is 23.9 Å². The summed E-state index contributed by atoms with van der Waals surface area (Å²) in [6, 6.07) is 11.8. The highest BCUT2D eigenvalue weighted by molar-refractivity contribution is 7.89. The van der Waals surface area contributed by atoms with Crippen LogP contribution in [0.5, 0.6) is 11.5 Å². The molecule has 11 heteroatoms. The first-order valence-electron chi connectivity index (χ1n) is 13.0. The van der Waals surface area contributed by atoms with Gasteiger partial charge in [-0.25, -0.2) is 17.9 Å². The molecule has 39 heavy (non-hydrogen) atoms. The molecule has 0 bridgehead atoms. The molecule has 0 saturated heterocycles. The number of methoxy groups -OCH3 is 1. The topological polar surface area (TPSA) is 119 Å². The number of aromatic nitrogens is 4. The zero-order valence-electron chi connectivity index (χ0n) is 23.0. The van der Waals surface area contributed by atoms with E-state index in [1.165, 1.54) is 23.5 Å². The number of rotatable bonds is 12. The van der Waals surface area contributed by atoms with Gasteiger partial charge < -0.3 is 14.5 Å². The average molecular weight is 554 g/mol. The van der Waals surface area contributed by atoms with Gasteiger partial charge in [0.05, 0.1) is 29.9 Å². The van der Waals surface area contributed by atoms with Gasteiger partial charge in [0.1, 0.15) is 17.3 Å². The first-order valence-corrected chi connectivity index (χ1v) is 14.5. The minimum absolute atomic E-state index is 0.0599. The molecule has 0 radical (unpaired) electrons. The van der Waals surface area contributed by atoms with Gasteiger partial charge in [0.2, 0.25) is 10.0 Å². The number of unbranched alkanes of at least 4 members (excludes halogenated alkanes) is 2. The number of nitrogens with zero attached hydrogens (tertiary/aromatic N) is 4. The van der Waals surface area contributed by atoms with Gasteiger partial charge in [-0.15, -0.1) is 5.10 Å². The van der Waals surface area contributed by atoms with Crippen molar-refractivity contribution >= 4 is 15.5 Å². The van der Waals surface area contributed by atoms with Gasteiger partial charge in [-0.3, -0.25) is 4.79 Å². The Labute approximate surface area is 228 Å². The molecule has 0 atom stereocenters. The number of benzene rings is 2. The number of aromatic amines is 1. The standard InChI is InChI=1S/C28H35N5O5S/c1-6-8-9-10-25-29-19(3)26-28(34)30-27(31-33(25)26)23-17-22(15-16-24(23)38-7-2)39(35,36)32(4)18-20-11-13-21(37-5)14-12-20/h11-17H,6-10,18H2,1-5H3,(H,30,31,34). The lowest BCUT2D eigenvalue weighted by Gasteiger charge is -2.19. The van der Waals surface area contributed by atoms with Gasteiger partial charge in [-0.05, 0) is 56.2 Å². The van der Waals surface area contributed by atoms with Gasteiger partial charge in [0.15, 0.2) is 11.3 Å². The molecule has 0 saturated carbocycles. The van der Waals surface area contributed by atoms with Gasteiger partial charge in [-0.1, -0.05) is 31.9 Å². The first kappa shape index (κ1) is 28.3. The van der Waals surface area contributed by atoms with Crippen molar-refractivity contribution in [1.29, 1.82) is 0 Å². The molecule has 0 aliphatic rings. The summed E-state index contributed by atoms with van der Waals surface area (Å²) in [5.41, 5.74) is 1.82. The fourth-order valence-corrected chi connectivity index (χ4v) is 5.63. The van der Waals surface area contributed by atoms with Crippen LogP contribution in [-0.4, -0.2) is 53.1 Å². The SMILES string of the molecule is CCCCCc1nc(C)c2c(=O)[nH]c(-c3cc(S(=O)(=O)N(C)Cc4ccc(OC)cc4)ccc3OCC)nn12. The second-order valence-corrected chi connectivity index (χ2v) is 11.4. The van der Waals surface area contributed by atoms with Gasteiger partial charge >= 0.3 is 0 Å². The molecule has 0 spiro atoms. The summed E-state index contributed by atoms with van der Waals surface area (Å²) in [7, 11) is -0.773. The number of sulfonamides is 1. The Hall–Kier alpha value is -3.70. The molecule has 0 unspecified atom stereocenters. The first-order chi connectivity index (χ1) is 18.7. The maximum atomic E-state index is 13.5. The van der Waals surface area contributed by atoms with Crippen LogP contribution < -0.4 is 15.0 Å². The van der Waals surface area contributed by atoms with E-state index in [4.69, 9.17) is 14.6 Å². The number of H-pyrrole nitrogens is 1. The Kier molecular flexibility index (Phi) is 8.71.